The summed E-state index contributed by atoms with van der Waals surface area (Å²) in [5.41, 5.74) is 2.03. The lowest BCUT2D eigenvalue weighted by Crippen LogP contribution is -1.88. The highest BCUT2D eigenvalue weighted by molar-refractivity contribution is 7.15. The predicted octanol–water partition coefficient (Wildman–Crippen LogP) is 3.31. The summed E-state index contributed by atoms with van der Waals surface area (Å²) in [5.74, 6) is 0. The second kappa shape index (κ2) is 4.95. The Kier molecular flexibility index (Phi) is 3.59. The summed E-state index contributed by atoms with van der Waals surface area (Å²) in [4.78, 5) is 5.63. The molecule has 4 heteroatoms. The summed E-state index contributed by atoms with van der Waals surface area (Å²) in [6.45, 7) is 2.13. The highest BCUT2D eigenvalue weighted by Crippen LogP contribution is 2.29. The van der Waals surface area contributed by atoms with Crippen LogP contribution in [0.2, 0.25) is 5.02 Å². The predicted molar refractivity (Wildman–Crippen MR) is 68.1 cm³/mol. The number of benzene rings is 1. The second-order valence-electron chi connectivity index (χ2n) is 3.51. The topological polar surface area (TPSA) is 33.1 Å². The first-order chi connectivity index (χ1) is 7.70. The molecule has 2 aromatic rings. The van der Waals surface area contributed by atoms with Gasteiger partial charge in [-0.05, 0) is 19.1 Å². The van der Waals surface area contributed by atoms with Crippen LogP contribution < -0.4 is 0 Å². The van der Waals surface area contributed by atoms with Crippen molar-refractivity contribution < 1.29 is 5.11 Å². The van der Waals surface area contributed by atoms with Crippen LogP contribution in [0.5, 0.6) is 0 Å². The van der Waals surface area contributed by atoms with Crippen molar-refractivity contribution in [2.24, 2.45) is 0 Å². The van der Waals surface area contributed by atoms with Gasteiger partial charge < -0.3 is 5.11 Å². The maximum absolute atomic E-state index is 8.93. The SMILES string of the molecule is Cc1nc(-c2cccc(Cl)c2)sc1CCO. The molecule has 1 aromatic heterocycles. The molecule has 0 saturated heterocycles. The summed E-state index contributed by atoms with van der Waals surface area (Å²) in [6.07, 6.45) is 0.671. The lowest BCUT2D eigenvalue weighted by molar-refractivity contribution is 0.300. The quantitative estimate of drug-likeness (QED) is 0.911. The van der Waals surface area contributed by atoms with Crippen LogP contribution in [0.15, 0.2) is 24.3 Å². The van der Waals surface area contributed by atoms with Gasteiger partial charge in [0, 0.05) is 28.5 Å². The van der Waals surface area contributed by atoms with Crippen LogP contribution in [0, 0.1) is 6.92 Å². The number of hydrogen-bond acceptors (Lipinski definition) is 3. The summed E-state index contributed by atoms with van der Waals surface area (Å²) >= 11 is 7.56. The van der Waals surface area contributed by atoms with Gasteiger partial charge in [-0.2, -0.15) is 0 Å². The van der Waals surface area contributed by atoms with Gasteiger partial charge in [-0.3, -0.25) is 0 Å². The van der Waals surface area contributed by atoms with Crippen molar-refractivity contribution in [1.82, 2.24) is 4.98 Å². The largest absolute Gasteiger partial charge is 0.396 e. The average Bonchev–Trinajstić information content (AvgIpc) is 2.61. The molecule has 0 aliphatic heterocycles. The third-order valence-corrected chi connectivity index (χ3v) is 3.80. The van der Waals surface area contributed by atoms with Gasteiger partial charge in [0.2, 0.25) is 0 Å². The standard InChI is InChI=1S/C12H12ClNOS/c1-8-11(5-6-15)16-12(14-8)9-3-2-4-10(13)7-9/h2-4,7,15H,5-6H2,1H3. The highest BCUT2D eigenvalue weighted by atomic mass is 35.5. The van der Waals surface area contributed by atoms with E-state index >= 15 is 0 Å². The molecule has 0 aliphatic rings. The molecule has 16 heavy (non-hydrogen) atoms. The van der Waals surface area contributed by atoms with Gasteiger partial charge in [0.25, 0.3) is 0 Å². The fourth-order valence-corrected chi connectivity index (χ4v) is 2.74. The van der Waals surface area contributed by atoms with Crippen molar-refractivity contribution in [1.29, 1.82) is 0 Å². The fraction of sp³-hybridized carbons (Fsp3) is 0.250. The molecular formula is C12H12ClNOS. The second-order valence-corrected chi connectivity index (χ2v) is 5.03. The summed E-state index contributed by atoms with van der Waals surface area (Å²) in [6, 6.07) is 7.66. The van der Waals surface area contributed by atoms with Crippen LogP contribution in [0.1, 0.15) is 10.6 Å². The highest BCUT2D eigenvalue weighted by Gasteiger charge is 2.08. The van der Waals surface area contributed by atoms with Crippen LogP contribution in [0.25, 0.3) is 10.6 Å². The maximum Gasteiger partial charge on any atom is 0.123 e. The molecule has 84 valence electrons. The van der Waals surface area contributed by atoms with E-state index in [1.54, 1.807) is 11.3 Å². The number of nitrogens with zero attached hydrogens (tertiary/aromatic N) is 1. The molecule has 0 spiro atoms. The lowest BCUT2D eigenvalue weighted by Gasteiger charge is -1.95. The molecule has 0 amide bonds. The van der Waals surface area contributed by atoms with Crippen LogP contribution in [-0.2, 0) is 6.42 Å². The van der Waals surface area contributed by atoms with Gasteiger partial charge >= 0.3 is 0 Å². The Morgan fingerprint density at radius 1 is 1.44 bits per heavy atom. The lowest BCUT2D eigenvalue weighted by atomic mass is 10.2. The monoisotopic (exact) mass is 253 g/mol. The van der Waals surface area contributed by atoms with Gasteiger partial charge in [0.1, 0.15) is 5.01 Å². The molecule has 1 N–H and O–H groups in total. The Labute approximate surface area is 104 Å². The van der Waals surface area contributed by atoms with Crippen molar-refractivity contribution in [2.75, 3.05) is 6.61 Å². The van der Waals surface area contributed by atoms with Crippen molar-refractivity contribution in [3.05, 3.63) is 39.9 Å². The van der Waals surface area contributed by atoms with Gasteiger partial charge in [0.05, 0.1) is 5.69 Å². The molecule has 0 atom stereocenters. The van der Waals surface area contributed by atoms with Crippen LogP contribution in [0.3, 0.4) is 0 Å². The van der Waals surface area contributed by atoms with Crippen molar-refractivity contribution in [3.63, 3.8) is 0 Å². The van der Waals surface area contributed by atoms with Crippen LogP contribution in [-0.4, -0.2) is 16.7 Å². The number of aryl methyl sites for hydroxylation is 1. The normalized spacial score (nSPS) is 10.7. The first kappa shape index (κ1) is 11.6. The van der Waals surface area contributed by atoms with E-state index in [1.807, 2.05) is 31.2 Å². The number of aromatic nitrogens is 1. The molecule has 0 bridgehead atoms. The van der Waals surface area contributed by atoms with Crippen molar-refractivity contribution >= 4 is 22.9 Å². The Bertz CT molecular complexity index is 496. The number of halogens is 1. The third-order valence-electron chi connectivity index (χ3n) is 2.30. The van der Waals surface area contributed by atoms with E-state index in [-0.39, 0.29) is 6.61 Å². The molecule has 0 saturated carbocycles. The minimum Gasteiger partial charge on any atom is -0.396 e. The van der Waals surface area contributed by atoms with Crippen molar-refractivity contribution in [3.8, 4) is 10.6 Å². The molecule has 2 rings (SSSR count). The number of rotatable bonds is 3. The summed E-state index contributed by atoms with van der Waals surface area (Å²) in [5, 5.41) is 10.6. The molecule has 1 heterocycles. The van der Waals surface area contributed by atoms with Gasteiger partial charge in [0.15, 0.2) is 0 Å². The Morgan fingerprint density at radius 2 is 2.25 bits per heavy atom. The fourth-order valence-electron chi connectivity index (χ4n) is 1.51. The number of aliphatic hydroxyl groups excluding tert-OH is 1. The average molecular weight is 254 g/mol. The smallest absolute Gasteiger partial charge is 0.123 e. The van der Waals surface area contributed by atoms with Gasteiger partial charge in [-0.15, -0.1) is 11.3 Å². The van der Waals surface area contributed by atoms with Gasteiger partial charge in [-0.1, -0.05) is 23.7 Å². The Morgan fingerprint density at radius 3 is 2.94 bits per heavy atom. The van der Waals surface area contributed by atoms with Crippen LogP contribution in [0.4, 0.5) is 0 Å². The zero-order valence-corrected chi connectivity index (χ0v) is 10.5. The molecule has 0 aliphatic carbocycles. The van der Waals surface area contributed by atoms with Crippen molar-refractivity contribution in [2.45, 2.75) is 13.3 Å². The molecular weight excluding hydrogens is 242 g/mol. The first-order valence-electron chi connectivity index (χ1n) is 5.04. The molecule has 0 fully saturated rings. The zero-order valence-electron chi connectivity index (χ0n) is 8.90. The third kappa shape index (κ3) is 2.43. The molecule has 2 nitrogen and oxygen atoms in total. The molecule has 0 radical (unpaired) electrons. The van der Waals surface area contributed by atoms with E-state index in [2.05, 4.69) is 4.98 Å². The van der Waals surface area contributed by atoms with Crippen LogP contribution >= 0.6 is 22.9 Å². The number of hydrogen-bond donors (Lipinski definition) is 1. The Hall–Kier alpha value is -0.900. The van der Waals surface area contributed by atoms with E-state index in [0.717, 1.165) is 21.1 Å². The first-order valence-corrected chi connectivity index (χ1v) is 6.23. The van der Waals surface area contributed by atoms with E-state index in [4.69, 9.17) is 16.7 Å². The summed E-state index contributed by atoms with van der Waals surface area (Å²) in [7, 11) is 0. The molecule has 0 unspecified atom stereocenters. The van der Waals surface area contributed by atoms with Gasteiger partial charge in [-0.25, -0.2) is 4.98 Å². The minimum atomic E-state index is 0.165. The van der Waals surface area contributed by atoms with E-state index in [1.165, 1.54) is 0 Å². The van der Waals surface area contributed by atoms with E-state index in [9.17, 15) is 0 Å². The Balaban J connectivity index is 2.37. The maximum atomic E-state index is 8.93. The minimum absolute atomic E-state index is 0.165. The van der Waals surface area contributed by atoms with E-state index in [0.29, 0.717) is 11.4 Å². The number of thiazole rings is 1. The molecule has 1 aromatic carbocycles. The zero-order chi connectivity index (χ0) is 11.5. The summed E-state index contributed by atoms with van der Waals surface area (Å²) < 4.78 is 0. The number of aliphatic hydroxyl groups is 1. The van der Waals surface area contributed by atoms with E-state index < -0.39 is 0 Å².